The molecule has 0 saturated carbocycles. The molecule has 0 radical (unpaired) electrons. The molecule has 1 fully saturated rings. The predicted molar refractivity (Wildman–Crippen MR) is 86.8 cm³/mol. The van der Waals surface area contributed by atoms with Gasteiger partial charge in [-0.1, -0.05) is 44.2 Å². The van der Waals surface area contributed by atoms with Gasteiger partial charge >= 0.3 is 6.09 Å². The summed E-state index contributed by atoms with van der Waals surface area (Å²) in [5.41, 5.74) is 0.248. The van der Waals surface area contributed by atoms with Crippen molar-refractivity contribution >= 4 is 12.4 Å². The SMILES string of the molecule is CC(C)[C@H]1O[C@@H](C=O)[C@H](c2ccccc2)N1C(=O)OC(C)(C)C. The van der Waals surface area contributed by atoms with E-state index in [1.54, 1.807) is 4.90 Å². The maximum Gasteiger partial charge on any atom is 0.412 e. The van der Waals surface area contributed by atoms with Gasteiger partial charge in [-0.3, -0.25) is 4.90 Å². The van der Waals surface area contributed by atoms with Crippen LogP contribution in [0.5, 0.6) is 0 Å². The van der Waals surface area contributed by atoms with Gasteiger partial charge in [0.2, 0.25) is 0 Å². The Hall–Kier alpha value is -1.88. The normalized spacial score (nSPS) is 24.8. The number of benzene rings is 1. The number of amides is 1. The van der Waals surface area contributed by atoms with Crippen molar-refractivity contribution < 1.29 is 19.1 Å². The molecule has 23 heavy (non-hydrogen) atoms. The van der Waals surface area contributed by atoms with Gasteiger partial charge in [0.15, 0.2) is 6.29 Å². The molecule has 1 aliphatic heterocycles. The number of hydrogen-bond acceptors (Lipinski definition) is 4. The minimum Gasteiger partial charge on any atom is -0.444 e. The summed E-state index contributed by atoms with van der Waals surface area (Å²) in [6.07, 6.45) is -0.894. The first-order valence-electron chi connectivity index (χ1n) is 7.91. The van der Waals surface area contributed by atoms with E-state index in [1.807, 2.05) is 65.0 Å². The van der Waals surface area contributed by atoms with Gasteiger partial charge in [-0.25, -0.2) is 4.79 Å². The molecule has 1 aromatic rings. The number of rotatable bonds is 3. The molecular weight excluding hydrogens is 294 g/mol. The lowest BCUT2D eigenvalue weighted by atomic mass is 10.0. The van der Waals surface area contributed by atoms with Crippen molar-refractivity contribution in [2.24, 2.45) is 5.92 Å². The second kappa shape index (κ2) is 6.71. The topological polar surface area (TPSA) is 55.8 Å². The lowest BCUT2D eigenvalue weighted by Gasteiger charge is -2.32. The molecule has 1 amide bonds. The number of carbonyl (C=O) groups is 2. The average Bonchev–Trinajstić information content (AvgIpc) is 2.86. The fourth-order valence-electron chi connectivity index (χ4n) is 2.73. The number of aldehydes is 1. The van der Waals surface area contributed by atoms with Crippen LogP contribution in [0.2, 0.25) is 0 Å². The molecule has 0 unspecified atom stereocenters. The van der Waals surface area contributed by atoms with Crippen LogP contribution in [-0.4, -0.2) is 35.2 Å². The zero-order valence-electron chi connectivity index (χ0n) is 14.4. The first kappa shape index (κ1) is 17.5. The van der Waals surface area contributed by atoms with E-state index in [1.165, 1.54) is 0 Å². The Morgan fingerprint density at radius 1 is 1.26 bits per heavy atom. The van der Waals surface area contributed by atoms with Crippen molar-refractivity contribution in [3.05, 3.63) is 35.9 Å². The van der Waals surface area contributed by atoms with Crippen molar-refractivity contribution in [1.82, 2.24) is 4.90 Å². The third-order valence-corrected chi connectivity index (χ3v) is 3.63. The molecule has 5 nitrogen and oxygen atoms in total. The number of nitrogens with zero attached hydrogens (tertiary/aromatic N) is 1. The van der Waals surface area contributed by atoms with Crippen molar-refractivity contribution in [1.29, 1.82) is 0 Å². The van der Waals surface area contributed by atoms with Crippen molar-refractivity contribution in [3.63, 3.8) is 0 Å². The Morgan fingerprint density at radius 3 is 2.35 bits per heavy atom. The standard InChI is InChI=1S/C18H25NO4/c1-12(2)16-19(17(21)23-18(3,4)5)15(14(11-20)22-16)13-9-7-6-8-10-13/h6-12,14-16H,1-5H3/t14-,15-,16+/m0/s1. The summed E-state index contributed by atoms with van der Waals surface area (Å²) in [7, 11) is 0. The van der Waals surface area contributed by atoms with Gasteiger partial charge in [0.05, 0.1) is 6.04 Å². The molecule has 0 aromatic heterocycles. The number of ether oxygens (including phenoxy) is 2. The van der Waals surface area contributed by atoms with E-state index >= 15 is 0 Å². The summed E-state index contributed by atoms with van der Waals surface area (Å²) in [6, 6.07) is 8.97. The van der Waals surface area contributed by atoms with E-state index in [2.05, 4.69) is 0 Å². The molecule has 1 heterocycles. The van der Waals surface area contributed by atoms with Gasteiger partial charge in [0, 0.05) is 0 Å². The largest absolute Gasteiger partial charge is 0.444 e. The molecule has 3 atom stereocenters. The molecule has 2 rings (SSSR count). The van der Waals surface area contributed by atoms with Crippen LogP contribution in [-0.2, 0) is 14.3 Å². The van der Waals surface area contributed by atoms with E-state index < -0.39 is 30.1 Å². The van der Waals surface area contributed by atoms with Crippen molar-refractivity contribution in [2.75, 3.05) is 0 Å². The Labute approximate surface area is 137 Å². The molecule has 1 aliphatic rings. The lowest BCUT2D eigenvalue weighted by molar-refractivity contribution is -0.119. The van der Waals surface area contributed by atoms with Crippen LogP contribution < -0.4 is 0 Å². The summed E-state index contributed by atoms with van der Waals surface area (Å²) in [6.45, 7) is 9.37. The zero-order chi connectivity index (χ0) is 17.2. The van der Waals surface area contributed by atoms with Gasteiger partial charge in [-0.05, 0) is 32.3 Å². The smallest absolute Gasteiger partial charge is 0.412 e. The lowest BCUT2D eigenvalue weighted by Crippen LogP contribution is -2.44. The van der Waals surface area contributed by atoms with Crippen LogP contribution >= 0.6 is 0 Å². The average molecular weight is 319 g/mol. The molecule has 0 aliphatic carbocycles. The Bertz CT molecular complexity index is 550. The van der Waals surface area contributed by atoms with Crippen LogP contribution in [0.15, 0.2) is 30.3 Å². The van der Waals surface area contributed by atoms with Crippen LogP contribution in [0.3, 0.4) is 0 Å². The Kier molecular flexibility index (Phi) is 5.09. The van der Waals surface area contributed by atoms with E-state index in [9.17, 15) is 9.59 Å². The summed E-state index contributed by atoms with van der Waals surface area (Å²) in [5, 5.41) is 0. The minimum atomic E-state index is -0.697. The Balaban J connectivity index is 2.41. The highest BCUT2D eigenvalue weighted by Gasteiger charge is 2.48. The van der Waals surface area contributed by atoms with Crippen LogP contribution in [0.4, 0.5) is 4.79 Å². The molecule has 1 aromatic carbocycles. The summed E-state index contributed by atoms with van der Waals surface area (Å²) in [5.74, 6) is 0.0404. The van der Waals surface area contributed by atoms with E-state index in [-0.39, 0.29) is 5.92 Å². The minimum absolute atomic E-state index is 0.0404. The van der Waals surface area contributed by atoms with Gasteiger partial charge in [-0.2, -0.15) is 0 Å². The molecule has 5 heteroatoms. The van der Waals surface area contributed by atoms with Crippen molar-refractivity contribution in [2.45, 2.75) is 58.6 Å². The molecule has 0 bridgehead atoms. The fourth-order valence-corrected chi connectivity index (χ4v) is 2.73. The Morgan fingerprint density at radius 2 is 1.87 bits per heavy atom. The van der Waals surface area contributed by atoms with Crippen LogP contribution in [0.1, 0.15) is 46.2 Å². The highest BCUT2D eigenvalue weighted by molar-refractivity contribution is 5.72. The highest BCUT2D eigenvalue weighted by Crippen LogP contribution is 2.38. The third kappa shape index (κ3) is 3.91. The maximum absolute atomic E-state index is 12.7. The fraction of sp³-hybridized carbons (Fsp3) is 0.556. The van der Waals surface area contributed by atoms with Crippen molar-refractivity contribution in [3.8, 4) is 0 Å². The number of carbonyl (C=O) groups excluding carboxylic acids is 2. The van der Waals surface area contributed by atoms with Crippen LogP contribution in [0, 0.1) is 5.92 Å². The predicted octanol–water partition coefficient (Wildman–Crippen LogP) is 3.54. The van der Waals surface area contributed by atoms with Gasteiger partial charge < -0.3 is 14.3 Å². The van der Waals surface area contributed by atoms with Crippen LogP contribution in [0.25, 0.3) is 0 Å². The first-order chi connectivity index (χ1) is 10.7. The molecule has 1 saturated heterocycles. The second-order valence-corrected chi connectivity index (χ2v) is 7.11. The quantitative estimate of drug-likeness (QED) is 0.800. The highest BCUT2D eigenvalue weighted by atomic mass is 16.6. The second-order valence-electron chi connectivity index (χ2n) is 7.11. The van der Waals surface area contributed by atoms with Gasteiger partial charge in [0.25, 0.3) is 0 Å². The zero-order valence-corrected chi connectivity index (χ0v) is 14.4. The molecule has 0 spiro atoms. The summed E-state index contributed by atoms with van der Waals surface area (Å²) in [4.78, 5) is 25.8. The van der Waals surface area contributed by atoms with E-state index in [0.717, 1.165) is 11.8 Å². The summed E-state index contributed by atoms with van der Waals surface area (Å²) >= 11 is 0. The monoisotopic (exact) mass is 319 g/mol. The third-order valence-electron chi connectivity index (χ3n) is 3.63. The molecule has 126 valence electrons. The number of hydrogen-bond donors (Lipinski definition) is 0. The first-order valence-corrected chi connectivity index (χ1v) is 7.91. The maximum atomic E-state index is 12.7. The van der Waals surface area contributed by atoms with E-state index in [0.29, 0.717) is 0 Å². The molecule has 0 N–H and O–H groups in total. The molecular formula is C18H25NO4. The van der Waals surface area contributed by atoms with Gasteiger partial charge in [-0.15, -0.1) is 0 Å². The van der Waals surface area contributed by atoms with E-state index in [4.69, 9.17) is 9.47 Å². The summed E-state index contributed by atoms with van der Waals surface area (Å²) < 4.78 is 11.4. The van der Waals surface area contributed by atoms with Gasteiger partial charge in [0.1, 0.15) is 17.9 Å².